The van der Waals surface area contributed by atoms with Crippen LogP contribution < -0.4 is 10.2 Å². The maximum atomic E-state index is 12.2. The number of fused-ring (bicyclic) bond motifs is 1. The highest BCUT2D eigenvalue weighted by Crippen LogP contribution is 2.35. The van der Waals surface area contributed by atoms with Crippen molar-refractivity contribution < 1.29 is 4.79 Å². The van der Waals surface area contributed by atoms with Gasteiger partial charge in [-0.1, -0.05) is 29.8 Å². The first-order valence-corrected chi connectivity index (χ1v) is 8.18. The summed E-state index contributed by atoms with van der Waals surface area (Å²) in [6.45, 7) is 6.25. The fourth-order valence-corrected chi connectivity index (χ4v) is 3.02. The van der Waals surface area contributed by atoms with Crippen molar-refractivity contribution in [2.75, 3.05) is 23.3 Å². The van der Waals surface area contributed by atoms with Crippen molar-refractivity contribution in [2.45, 2.75) is 13.8 Å². The number of halogens is 1. The van der Waals surface area contributed by atoms with Gasteiger partial charge in [-0.2, -0.15) is 0 Å². The molecule has 0 aliphatic carbocycles. The van der Waals surface area contributed by atoms with Crippen LogP contribution in [0.5, 0.6) is 0 Å². The fraction of sp³-hybridized carbons (Fsp3) is 0.211. The number of rotatable bonds is 4. The number of hydrogen-bond donors (Lipinski definition) is 1. The summed E-state index contributed by atoms with van der Waals surface area (Å²) in [5.41, 5.74) is 4.54. The Kier molecular flexibility index (Phi) is 4.39. The topological polar surface area (TPSA) is 32.3 Å². The SMILES string of the molecule is CCN(CC)c1ccc(/C=C2/C(=O)Nc3cc(Cl)ccc32)cc1. The third kappa shape index (κ3) is 3.10. The molecule has 4 heteroatoms. The molecule has 2 aromatic carbocycles. The van der Waals surface area contributed by atoms with Crippen LogP contribution in [0.25, 0.3) is 11.6 Å². The van der Waals surface area contributed by atoms with E-state index >= 15 is 0 Å². The molecule has 1 amide bonds. The largest absolute Gasteiger partial charge is 0.372 e. The second-order valence-electron chi connectivity index (χ2n) is 5.47. The minimum Gasteiger partial charge on any atom is -0.372 e. The normalized spacial score (nSPS) is 14.7. The van der Waals surface area contributed by atoms with Gasteiger partial charge in [-0.3, -0.25) is 4.79 Å². The Bertz CT molecular complexity index is 761. The molecule has 0 bridgehead atoms. The number of hydrogen-bond acceptors (Lipinski definition) is 2. The molecular weight excluding hydrogens is 308 g/mol. The third-order valence-corrected chi connectivity index (χ3v) is 4.33. The highest BCUT2D eigenvalue weighted by molar-refractivity contribution is 6.36. The monoisotopic (exact) mass is 326 g/mol. The molecule has 0 spiro atoms. The molecule has 1 aliphatic rings. The first-order chi connectivity index (χ1) is 11.1. The van der Waals surface area contributed by atoms with Gasteiger partial charge in [0.25, 0.3) is 5.91 Å². The predicted molar refractivity (Wildman–Crippen MR) is 98.0 cm³/mol. The summed E-state index contributed by atoms with van der Waals surface area (Å²) < 4.78 is 0. The lowest BCUT2D eigenvalue weighted by Crippen LogP contribution is -2.21. The molecule has 0 aromatic heterocycles. The van der Waals surface area contributed by atoms with E-state index in [-0.39, 0.29) is 5.91 Å². The Hall–Kier alpha value is -2.26. The number of carbonyl (C=O) groups is 1. The summed E-state index contributed by atoms with van der Waals surface area (Å²) in [6.07, 6.45) is 1.92. The van der Waals surface area contributed by atoms with Gasteiger partial charge in [0.1, 0.15) is 0 Å². The average molecular weight is 327 g/mol. The predicted octanol–water partition coefficient (Wildman–Crippen LogP) is 4.68. The molecule has 1 N–H and O–H groups in total. The van der Waals surface area contributed by atoms with E-state index in [2.05, 4.69) is 36.2 Å². The van der Waals surface area contributed by atoms with Gasteiger partial charge in [-0.15, -0.1) is 0 Å². The number of nitrogens with zero attached hydrogens (tertiary/aromatic N) is 1. The number of carbonyl (C=O) groups excluding carboxylic acids is 1. The van der Waals surface area contributed by atoms with E-state index in [4.69, 9.17) is 11.6 Å². The van der Waals surface area contributed by atoms with Crippen molar-refractivity contribution in [1.29, 1.82) is 0 Å². The van der Waals surface area contributed by atoms with Crippen LogP contribution in [0.2, 0.25) is 5.02 Å². The van der Waals surface area contributed by atoms with Crippen molar-refractivity contribution in [3.05, 3.63) is 58.6 Å². The van der Waals surface area contributed by atoms with Crippen molar-refractivity contribution in [3.63, 3.8) is 0 Å². The van der Waals surface area contributed by atoms with E-state index in [9.17, 15) is 4.79 Å². The van der Waals surface area contributed by atoms with Crippen LogP contribution in [0.1, 0.15) is 25.0 Å². The number of anilines is 2. The van der Waals surface area contributed by atoms with Crippen molar-refractivity contribution in [3.8, 4) is 0 Å². The lowest BCUT2D eigenvalue weighted by atomic mass is 10.0. The van der Waals surface area contributed by atoms with Crippen molar-refractivity contribution >= 4 is 40.5 Å². The van der Waals surface area contributed by atoms with E-state index in [0.717, 1.165) is 29.9 Å². The Labute approximate surface area is 141 Å². The summed E-state index contributed by atoms with van der Waals surface area (Å²) in [5.74, 6) is -0.0879. The van der Waals surface area contributed by atoms with Gasteiger partial charge in [-0.25, -0.2) is 0 Å². The number of nitrogens with one attached hydrogen (secondary N) is 1. The van der Waals surface area contributed by atoms with Crippen LogP contribution in [0.4, 0.5) is 11.4 Å². The highest BCUT2D eigenvalue weighted by atomic mass is 35.5. The van der Waals surface area contributed by atoms with Gasteiger partial charge in [0.2, 0.25) is 0 Å². The molecule has 118 valence electrons. The molecule has 3 nitrogen and oxygen atoms in total. The molecule has 0 radical (unpaired) electrons. The van der Waals surface area contributed by atoms with Gasteiger partial charge in [0, 0.05) is 34.9 Å². The summed E-state index contributed by atoms with van der Waals surface area (Å²) in [6, 6.07) is 13.7. The van der Waals surface area contributed by atoms with Gasteiger partial charge >= 0.3 is 0 Å². The molecule has 1 aliphatic heterocycles. The minimum absolute atomic E-state index is 0.0879. The second-order valence-corrected chi connectivity index (χ2v) is 5.90. The molecule has 23 heavy (non-hydrogen) atoms. The van der Waals surface area contributed by atoms with Crippen LogP contribution in [0.3, 0.4) is 0 Å². The second kappa shape index (κ2) is 6.47. The minimum atomic E-state index is -0.0879. The average Bonchev–Trinajstić information content (AvgIpc) is 2.85. The molecule has 3 rings (SSSR count). The zero-order valence-corrected chi connectivity index (χ0v) is 14.0. The first kappa shape index (κ1) is 15.6. The Morgan fingerprint density at radius 1 is 1.09 bits per heavy atom. The first-order valence-electron chi connectivity index (χ1n) is 7.80. The quantitative estimate of drug-likeness (QED) is 0.827. The van der Waals surface area contributed by atoms with Crippen LogP contribution in [0.15, 0.2) is 42.5 Å². The van der Waals surface area contributed by atoms with Crippen LogP contribution in [-0.4, -0.2) is 19.0 Å². The summed E-state index contributed by atoms with van der Waals surface area (Å²) >= 11 is 5.98. The van der Waals surface area contributed by atoms with E-state index in [1.165, 1.54) is 5.69 Å². The smallest absolute Gasteiger partial charge is 0.256 e. The molecule has 0 atom stereocenters. The van der Waals surface area contributed by atoms with Gasteiger partial charge in [0.05, 0.1) is 5.69 Å². The molecule has 0 saturated heterocycles. The van der Waals surface area contributed by atoms with E-state index in [1.54, 1.807) is 12.1 Å². The molecule has 0 unspecified atom stereocenters. The summed E-state index contributed by atoms with van der Waals surface area (Å²) in [7, 11) is 0. The maximum absolute atomic E-state index is 12.2. The zero-order chi connectivity index (χ0) is 16.4. The maximum Gasteiger partial charge on any atom is 0.256 e. The summed E-state index contributed by atoms with van der Waals surface area (Å²) in [4.78, 5) is 14.5. The summed E-state index contributed by atoms with van der Waals surface area (Å²) in [5, 5.41) is 3.48. The highest BCUT2D eigenvalue weighted by Gasteiger charge is 2.23. The third-order valence-electron chi connectivity index (χ3n) is 4.10. The zero-order valence-electron chi connectivity index (χ0n) is 13.3. The van der Waals surface area contributed by atoms with E-state index < -0.39 is 0 Å². The van der Waals surface area contributed by atoms with E-state index in [1.807, 2.05) is 24.3 Å². The van der Waals surface area contributed by atoms with Crippen molar-refractivity contribution in [2.24, 2.45) is 0 Å². The lowest BCUT2D eigenvalue weighted by molar-refractivity contribution is -0.110. The van der Waals surface area contributed by atoms with Gasteiger partial charge in [-0.05, 0) is 49.8 Å². The van der Waals surface area contributed by atoms with Crippen molar-refractivity contribution in [1.82, 2.24) is 0 Å². The molecule has 0 saturated carbocycles. The number of benzene rings is 2. The van der Waals surface area contributed by atoms with Gasteiger partial charge in [0.15, 0.2) is 0 Å². The van der Waals surface area contributed by atoms with Crippen LogP contribution in [0, 0.1) is 0 Å². The standard InChI is InChI=1S/C19H19ClN2O/c1-3-22(4-2)15-8-5-13(6-9-15)11-17-16-10-7-14(20)12-18(16)21-19(17)23/h5-12H,3-4H2,1-2H3,(H,21,23)/b17-11+. The molecule has 0 fully saturated rings. The molecular formula is C19H19ClN2O. The van der Waals surface area contributed by atoms with E-state index in [0.29, 0.717) is 10.6 Å². The lowest BCUT2D eigenvalue weighted by Gasteiger charge is -2.20. The van der Waals surface area contributed by atoms with Gasteiger partial charge < -0.3 is 10.2 Å². The Morgan fingerprint density at radius 2 is 1.78 bits per heavy atom. The van der Waals surface area contributed by atoms with Crippen LogP contribution in [-0.2, 0) is 4.79 Å². The van der Waals surface area contributed by atoms with Crippen LogP contribution >= 0.6 is 11.6 Å². The molecule has 1 heterocycles. The Balaban J connectivity index is 1.92. The fourth-order valence-electron chi connectivity index (χ4n) is 2.85. The Morgan fingerprint density at radius 3 is 2.43 bits per heavy atom. The number of amides is 1. The molecule has 2 aromatic rings.